The molecule has 0 heterocycles. The van der Waals surface area contributed by atoms with E-state index in [1.807, 2.05) is 66.7 Å². The predicted molar refractivity (Wildman–Crippen MR) is 129 cm³/mol. The molecule has 0 fully saturated rings. The lowest BCUT2D eigenvalue weighted by atomic mass is 10.1. The number of ether oxygens (including phenoxy) is 1. The lowest BCUT2D eigenvalue weighted by Crippen LogP contribution is -2.22. The van der Waals surface area contributed by atoms with Gasteiger partial charge in [-0.25, -0.2) is 0 Å². The molecule has 0 aliphatic carbocycles. The fourth-order valence-corrected chi connectivity index (χ4v) is 3.24. The zero-order valence-electron chi connectivity index (χ0n) is 17.8. The van der Waals surface area contributed by atoms with Gasteiger partial charge in [-0.15, -0.1) is 0 Å². The number of amides is 1. The molecule has 1 amide bonds. The number of benzene rings is 3. The highest BCUT2D eigenvalue weighted by molar-refractivity contribution is 6.30. The zero-order chi connectivity index (χ0) is 22.1. The number of nitrogens with one attached hydrogen (secondary N) is 1. The third kappa shape index (κ3) is 7.37. The summed E-state index contributed by atoms with van der Waals surface area (Å²) >= 11 is 5.94. The van der Waals surface area contributed by atoms with Crippen molar-refractivity contribution in [3.8, 4) is 11.1 Å². The van der Waals surface area contributed by atoms with Crippen LogP contribution >= 0.6 is 11.6 Å². The number of hydrogen-bond donors (Lipinski definition) is 1. The summed E-state index contributed by atoms with van der Waals surface area (Å²) in [6, 6.07) is 23.6. The molecule has 0 saturated carbocycles. The number of anilines is 1. The van der Waals surface area contributed by atoms with Gasteiger partial charge >= 0.3 is 0 Å². The first-order valence-electron chi connectivity index (χ1n) is 10.1. The molecule has 4 nitrogen and oxygen atoms in total. The molecule has 1 N–H and O–H groups in total. The zero-order valence-corrected chi connectivity index (χ0v) is 18.6. The van der Waals surface area contributed by atoms with Crippen molar-refractivity contribution >= 4 is 29.3 Å². The Morgan fingerprint density at radius 2 is 1.58 bits per heavy atom. The average Bonchev–Trinajstić information content (AvgIpc) is 2.78. The van der Waals surface area contributed by atoms with Gasteiger partial charge in [0.1, 0.15) is 0 Å². The van der Waals surface area contributed by atoms with E-state index < -0.39 is 0 Å². The first kappa shape index (κ1) is 22.8. The molecule has 31 heavy (non-hydrogen) atoms. The molecule has 0 aliphatic heterocycles. The number of halogens is 1. The summed E-state index contributed by atoms with van der Waals surface area (Å²) < 4.78 is 5.10. The van der Waals surface area contributed by atoms with Crippen LogP contribution in [0.5, 0.6) is 0 Å². The molecule has 0 aromatic heterocycles. The Kier molecular flexibility index (Phi) is 8.42. The largest absolute Gasteiger partial charge is 0.383 e. The van der Waals surface area contributed by atoms with Crippen LogP contribution < -0.4 is 5.32 Å². The van der Waals surface area contributed by atoms with Crippen LogP contribution in [0.15, 0.2) is 78.9 Å². The van der Waals surface area contributed by atoms with E-state index in [0.717, 1.165) is 42.1 Å². The minimum absolute atomic E-state index is 0.164. The molecule has 0 spiro atoms. The van der Waals surface area contributed by atoms with Crippen LogP contribution in [0.1, 0.15) is 11.1 Å². The maximum atomic E-state index is 12.3. The molecule has 0 unspecified atom stereocenters. The van der Waals surface area contributed by atoms with Gasteiger partial charge in [-0.1, -0.05) is 60.1 Å². The molecular formula is C26H27ClN2O2. The summed E-state index contributed by atoms with van der Waals surface area (Å²) in [6.45, 7) is 2.47. The van der Waals surface area contributed by atoms with E-state index in [-0.39, 0.29) is 5.91 Å². The summed E-state index contributed by atoms with van der Waals surface area (Å²) in [5.41, 5.74) is 5.10. The lowest BCUT2D eigenvalue weighted by Gasteiger charge is -2.15. The fraction of sp³-hybridized carbons (Fsp3) is 0.192. The van der Waals surface area contributed by atoms with Crippen molar-refractivity contribution in [3.05, 3.63) is 95.0 Å². The van der Waals surface area contributed by atoms with Crippen molar-refractivity contribution in [3.63, 3.8) is 0 Å². The predicted octanol–water partition coefficient (Wildman–Crippen LogP) is 5.74. The van der Waals surface area contributed by atoms with Crippen molar-refractivity contribution in [1.82, 2.24) is 4.90 Å². The van der Waals surface area contributed by atoms with E-state index in [0.29, 0.717) is 5.02 Å². The molecule has 0 saturated heterocycles. The van der Waals surface area contributed by atoms with Crippen LogP contribution in [0.25, 0.3) is 17.2 Å². The van der Waals surface area contributed by atoms with E-state index in [2.05, 4.69) is 29.4 Å². The Morgan fingerprint density at radius 1 is 0.968 bits per heavy atom. The number of carbonyl (C=O) groups is 1. The minimum atomic E-state index is -0.164. The standard InChI is InChI=1S/C26H27ClN2O2/c1-29(17-18-31-2)19-21-5-3-20(4-6-21)7-16-26(30)28-25-14-10-23(11-15-25)22-8-12-24(27)13-9-22/h3-16H,17-19H2,1-2H3,(H,28,30)/b16-7+. The second kappa shape index (κ2) is 11.5. The van der Waals surface area contributed by atoms with Crippen molar-refractivity contribution in [1.29, 1.82) is 0 Å². The molecular weight excluding hydrogens is 408 g/mol. The Morgan fingerprint density at radius 3 is 2.19 bits per heavy atom. The first-order chi connectivity index (χ1) is 15.0. The number of methoxy groups -OCH3 is 1. The Hall–Kier alpha value is -2.92. The Balaban J connectivity index is 1.52. The van der Waals surface area contributed by atoms with E-state index >= 15 is 0 Å². The number of carbonyl (C=O) groups excluding carboxylic acids is 1. The lowest BCUT2D eigenvalue weighted by molar-refractivity contribution is -0.111. The van der Waals surface area contributed by atoms with Gasteiger partial charge in [0, 0.05) is 37.0 Å². The maximum absolute atomic E-state index is 12.3. The summed E-state index contributed by atoms with van der Waals surface area (Å²) in [5.74, 6) is -0.164. The van der Waals surface area contributed by atoms with Gasteiger partial charge in [-0.3, -0.25) is 9.69 Å². The molecule has 3 rings (SSSR count). The van der Waals surface area contributed by atoms with Gasteiger partial charge < -0.3 is 10.1 Å². The number of nitrogens with zero attached hydrogens (tertiary/aromatic N) is 1. The summed E-state index contributed by atoms with van der Waals surface area (Å²) in [5, 5.41) is 3.60. The molecule has 0 aliphatic rings. The van der Waals surface area contributed by atoms with Crippen LogP contribution in [0.3, 0.4) is 0 Å². The highest BCUT2D eigenvalue weighted by atomic mass is 35.5. The van der Waals surface area contributed by atoms with Crippen LogP contribution in [0, 0.1) is 0 Å². The third-order valence-electron chi connectivity index (χ3n) is 4.87. The molecule has 0 bridgehead atoms. The molecule has 160 valence electrons. The van der Waals surface area contributed by atoms with Gasteiger partial charge in [0.25, 0.3) is 0 Å². The van der Waals surface area contributed by atoms with Crippen LogP contribution in [-0.2, 0) is 16.1 Å². The second-order valence-electron chi connectivity index (χ2n) is 7.38. The third-order valence-corrected chi connectivity index (χ3v) is 5.12. The topological polar surface area (TPSA) is 41.6 Å². The normalized spacial score (nSPS) is 11.2. The van der Waals surface area contributed by atoms with Crippen molar-refractivity contribution in [2.45, 2.75) is 6.54 Å². The summed E-state index contributed by atoms with van der Waals surface area (Å²) in [6.07, 6.45) is 3.36. The highest BCUT2D eigenvalue weighted by Gasteiger charge is 2.02. The van der Waals surface area contributed by atoms with Gasteiger partial charge in [0.05, 0.1) is 6.61 Å². The van der Waals surface area contributed by atoms with Crippen LogP contribution in [0.4, 0.5) is 5.69 Å². The number of hydrogen-bond acceptors (Lipinski definition) is 3. The smallest absolute Gasteiger partial charge is 0.248 e. The summed E-state index contributed by atoms with van der Waals surface area (Å²) in [4.78, 5) is 14.5. The van der Waals surface area contributed by atoms with Crippen molar-refractivity contribution < 1.29 is 9.53 Å². The second-order valence-corrected chi connectivity index (χ2v) is 7.82. The quantitative estimate of drug-likeness (QED) is 0.437. The van der Waals surface area contributed by atoms with E-state index in [1.165, 1.54) is 5.56 Å². The molecule has 3 aromatic carbocycles. The molecule has 3 aromatic rings. The Bertz CT molecular complexity index is 997. The van der Waals surface area contributed by atoms with Crippen LogP contribution in [0.2, 0.25) is 5.02 Å². The summed E-state index contributed by atoms with van der Waals surface area (Å²) in [7, 11) is 3.78. The average molecular weight is 435 g/mol. The van der Waals surface area contributed by atoms with Gasteiger partial charge in [0.15, 0.2) is 0 Å². The fourth-order valence-electron chi connectivity index (χ4n) is 3.12. The first-order valence-corrected chi connectivity index (χ1v) is 10.5. The Labute approximate surface area is 189 Å². The van der Waals surface area contributed by atoms with E-state index in [1.54, 1.807) is 13.2 Å². The molecule has 5 heteroatoms. The minimum Gasteiger partial charge on any atom is -0.383 e. The van der Waals surface area contributed by atoms with Gasteiger partial charge in [0.2, 0.25) is 5.91 Å². The highest BCUT2D eigenvalue weighted by Crippen LogP contribution is 2.23. The van der Waals surface area contributed by atoms with Crippen molar-refractivity contribution in [2.24, 2.45) is 0 Å². The maximum Gasteiger partial charge on any atom is 0.248 e. The van der Waals surface area contributed by atoms with Gasteiger partial charge in [-0.05, 0) is 59.6 Å². The monoisotopic (exact) mass is 434 g/mol. The number of rotatable bonds is 9. The molecule has 0 radical (unpaired) electrons. The number of likely N-dealkylation sites (N-methyl/N-ethyl adjacent to an activating group) is 1. The van der Waals surface area contributed by atoms with E-state index in [9.17, 15) is 4.79 Å². The van der Waals surface area contributed by atoms with Crippen molar-refractivity contribution in [2.75, 3.05) is 32.6 Å². The van der Waals surface area contributed by atoms with E-state index in [4.69, 9.17) is 16.3 Å². The SMILES string of the molecule is COCCN(C)Cc1ccc(/C=C/C(=O)Nc2ccc(-c3ccc(Cl)cc3)cc2)cc1. The van der Waals surface area contributed by atoms with Gasteiger partial charge in [-0.2, -0.15) is 0 Å². The molecule has 0 atom stereocenters. The van der Waals surface area contributed by atoms with Crippen LogP contribution in [-0.4, -0.2) is 38.1 Å².